The molecule has 0 spiro atoms. The van der Waals surface area contributed by atoms with Crippen LogP contribution in [0.15, 0.2) is 0 Å². The lowest BCUT2D eigenvalue weighted by molar-refractivity contribution is -0.133. The van der Waals surface area contributed by atoms with Gasteiger partial charge in [0.15, 0.2) is 9.84 Å². The monoisotopic (exact) mass is 305 g/mol. The minimum absolute atomic E-state index is 0.00608. The molecule has 1 atom stereocenters. The fourth-order valence-corrected chi connectivity index (χ4v) is 3.15. The summed E-state index contributed by atoms with van der Waals surface area (Å²) in [5.74, 6) is -0.546. The average molecular weight is 305 g/mol. The summed E-state index contributed by atoms with van der Waals surface area (Å²) in [4.78, 5) is 25.1. The van der Waals surface area contributed by atoms with Crippen molar-refractivity contribution >= 4 is 21.7 Å². The maximum atomic E-state index is 11.9. The first-order valence-electron chi connectivity index (χ1n) is 6.74. The molecule has 0 aromatic rings. The molecule has 0 bridgehead atoms. The van der Waals surface area contributed by atoms with E-state index in [1.54, 1.807) is 0 Å². The number of hydrogen-bond donors (Lipinski definition) is 2. The highest BCUT2D eigenvalue weighted by Crippen LogP contribution is 2.05. The lowest BCUT2D eigenvalue weighted by Crippen LogP contribution is -2.48. The zero-order chi connectivity index (χ0) is 15.3. The Morgan fingerprint density at radius 1 is 1.25 bits per heavy atom. The van der Waals surface area contributed by atoms with Gasteiger partial charge in [-0.25, -0.2) is 8.42 Å². The van der Waals surface area contributed by atoms with Crippen LogP contribution in [-0.2, 0) is 19.4 Å². The van der Waals surface area contributed by atoms with E-state index >= 15 is 0 Å². The maximum Gasteiger partial charge on any atom is 0.241 e. The molecule has 0 aromatic heterocycles. The lowest BCUT2D eigenvalue weighted by atomic mass is 10.1. The highest BCUT2D eigenvalue weighted by atomic mass is 32.2. The number of sulfone groups is 1. The van der Waals surface area contributed by atoms with Crippen LogP contribution in [0.4, 0.5) is 0 Å². The summed E-state index contributed by atoms with van der Waals surface area (Å²) in [6.07, 6.45) is 0.438. The van der Waals surface area contributed by atoms with E-state index < -0.39 is 15.9 Å². The quantitative estimate of drug-likeness (QED) is 0.673. The van der Waals surface area contributed by atoms with Crippen molar-refractivity contribution < 1.29 is 18.0 Å². The Kier molecular flexibility index (Phi) is 5.94. The second kappa shape index (κ2) is 7.03. The standard InChI is InChI=1S/C12H23N3O4S/c1-9(2)11(13)12(17)14-8-10(16)15-4-3-6-20(18,19)7-5-15/h9,11H,3-8,13H2,1-2H3,(H,14,17)/t11-/m0/s1. The fraction of sp³-hybridized carbons (Fsp3) is 0.833. The summed E-state index contributed by atoms with van der Waals surface area (Å²) in [5, 5.41) is 2.50. The first kappa shape index (κ1) is 16.9. The van der Waals surface area contributed by atoms with Crippen molar-refractivity contribution in [1.82, 2.24) is 10.2 Å². The second-order valence-corrected chi connectivity index (χ2v) is 7.68. The molecule has 3 N–H and O–H groups in total. The summed E-state index contributed by atoms with van der Waals surface area (Å²) in [7, 11) is -3.04. The number of amides is 2. The van der Waals surface area contributed by atoms with Crippen molar-refractivity contribution in [1.29, 1.82) is 0 Å². The van der Waals surface area contributed by atoms with Crippen molar-refractivity contribution in [2.24, 2.45) is 11.7 Å². The second-order valence-electron chi connectivity index (χ2n) is 5.37. The maximum absolute atomic E-state index is 11.9. The van der Waals surface area contributed by atoms with E-state index in [1.807, 2.05) is 13.8 Å². The van der Waals surface area contributed by atoms with E-state index in [1.165, 1.54) is 4.90 Å². The summed E-state index contributed by atoms with van der Waals surface area (Å²) < 4.78 is 22.9. The molecule has 1 rings (SSSR count). The molecule has 1 aliphatic rings. The zero-order valence-corrected chi connectivity index (χ0v) is 12.8. The SMILES string of the molecule is CC(C)[C@H](N)C(=O)NCC(=O)N1CCCS(=O)(=O)CC1. The Balaban J connectivity index is 2.45. The van der Waals surface area contributed by atoms with Crippen LogP contribution in [0.25, 0.3) is 0 Å². The van der Waals surface area contributed by atoms with Crippen molar-refractivity contribution in [3.8, 4) is 0 Å². The summed E-state index contributed by atoms with van der Waals surface area (Å²) in [6, 6.07) is -0.646. The number of rotatable bonds is 4. The molecule has 116 valence electrons. The molecular weight excluding hydrogens is 282 g/mol. The Morgan fingerprint density at radius 2 is 1.90 bits per heavy atom. The average Bonchev–Trinajstić information content (AvgIpc) is 2.55. The van der Waals surface area contributed by atoms with E-state index in [4.69, 9.17) is 5.73 Å². The van der Waals surface area contributed by atoms with E-state index in [0.29, 0.717) is 13.0 Å². The van der Waals surface area contributed by atoms with Gasteiger partial charge in [-0.3, -0.25) is 9.59 Å². The smallest absolute Gasteiger partial charge is 0.241 e. The van der Waals surface area contributed by atoms with Gasteiger partial charge < -0.3 is 16.0 Å². The third-order valence-electron chi connectivity index (χ3n) is 3.34. The predicted molar refractivity (Wildman–Crippen MR) is 75.7 cm³/mol. The third-order valence-corrected chi connectivity index (χ3v) is 5.06. The molecule has 0 aliphatic carbocycles. The van der Waals surface area contributed by atoms with Crippen molar-refractivity contribution in [3.63, 3.8) is 0 Å². The van der Waals surface area contributed by atoms with Gasteiger partial charge in [0.25, 0.3) is 0 Å². The van der Waals surface area contributed by atoms with Crippen molar-refractivity contribution in [2.75, 3.05) is 31.1 Å². The molecular formula is C12H23N3O4S. The van der Waals surface area contributed by atoms with Gasteiger partial charge in [0, 0.05) is 13.1 Å². The molecule has 0 unspecified atom stereocenters. The van der Waals surface area contributed by atoms with E-state index in [-0.39, 0.29) is 42.3 Å². The Bertz CT molecular complexity index is 461. The van der Waals surface area contributed by atoms with E-state index in [2.05, 4.69) is 5.32 Å². The lowest BCUT2D eigenvalue weighted by Gasteiger charge is -2.21. The first-order chi connectivity index (χ1) is 9.23. The Labute approximate surface area is 119 Å². The molecule has 0 radical (unpaired) electrons. The van der Waals surface area contributed by atoms with Crippen LogP contribution in [0.1, 0.15) is 20.3 Å². The molecule has 0 saturated carbocycles. The van der Waals surface area contributed by atoms with Crippen LogP contribution in [0.3, 0.4) is 0 Å². The van der Waals surface area contributed by atoms with Crippen LogP contribution in [0.2, 0.25) is 0 Å². The van der Waals surface area contributed by atoms with Gasteiger partial charge in [0.2, 0.25) is 11.8 Å². The van der Waals surface area contributed by atoms with Gasteiger partial charge in [-0.15, -0.1) is 0 Å². The number of carbonyl (C=O) groups is 2. The Morgan fingerprint density at radius 3 is 2.50 bits per heavy atom. The van der Waals surface area contributed by atoms with Crippen LogP contribution < -0.4 is 11.1 Å². The van der Waals surface area contributed by atoms with Gasteiger partial charge in [-0.05, 0) is 12.3 Å². The number of nitrogens with two attached hydrogens (primary N) is 1. The molecule has 0 aromatic carbocycles. The molecule has 1 fully saturated rings. The largest absolute Gasteiger partial charge is 0.346 e. The van der Waals surface area contributed by atoms with Gasteiger partial charge in [0.1, 0.15) is 0 Å². The number of nitrogens with one attached hydrogen (secondary N) is 1. The minimum atomic E-state index is -3.04. The number of carbonyl (C=O) groups excluding carboxylic acids is 2. The minimum Gasteiger partial charge on any atom is -0.346 e. The van der Waals surface area contributed by atoms with Gasteiger partial charge >= 0.3 is 0 Å². The topological polar surface area (TPSA) is 110 Å². The predicted octanol–water partition coefficient (Wildman–Crippen LogP) is -1.27. The highest BCUT2D eigenvalue weighted by Gasteiger charge is 2.23. The summed E-state index contributed by atoms with van der Waals surface area (Å²) >= 11 is 0. The van der Waals surface area contributed by atoms with Crippen LogP contribution in [-0.4, -0.2) is 62.3 Å². The van der Waals surface area contributed by atoms with Crippen LogP contribution in [0, 0.1) is 5.92 Å². The van der Waals surface area contributed by atoms with Gasteiger partial charge in [-0.1, -0.05) is 13.8 Å². The third kappa shape index (κ3) is 5.09. The van der Waals surface area contributed by atoms with Gasteiger partial charge in [0.05, 0.1) is 24.1 Å². The molecule has 8 heteroatoms. The van der Waals surface area contributed by atoms with E-state index in [9.17, 15) is 18.0 Å². The Hall–Kier alpha value is -1.15. The van der Waals surface area contributed by atoms with Gasteiger partial charge in [-0.2, -0.15) is 0 Å². The zero-order valence-electron chi connectivity index (χ0n) is 12.0. The molecule has 2 amide bonds. The fourth-order valence-electron chi connectivity index (χ4n) is 1.88. The molecule has 1 saturated heterocycles. The first-order valence-corrected chi connectivity index (χ1v) is 8.56. The normalized spacial score (nSPS) is 20.3. The molecule has 1 aliphatic heterocycles. The summed E-state index contributed by atoms with van der Waals surface area (Å²) in [5.41, 5.74) is 5.67. The van der Waals surface area contributed by atoms with Crippen LogP contribution >= 0.6 is 0 Å². The number of nitrogens with zero attached hydrogens (tertiary/aromatic N) is 1. The van der Waals surface area contributed by atoms with E-state index in [0.717, 1.165) is 0 Å². The molecule has 1 heterocycles. The highest BCUT2D eigenvalue weighted by molar-refractivity contribution is 7.91. The summed E-state index contributed by atoms with van der Waals surface area (Å²) in [6.45, 7) is 4.11. The van der Waals surface area contributed by atoms with Crippen molar-refractivity contribution in [2.45, 2.75) is 26.3 Å². The number of hydrogen-bond acceptors (Lipinski definition) is 5. The molecule has 20 heavy (non-hydrogen) atoms. The molecule has 7 nitrogen and oxygen atoms in total. The van der Waals surface area contributed by atoms with Crippen molar-refractivity contribution in [3.05, 3.63) is 0 Å². The van der Waals surface area contributed by atoms with Crippen LogP contribution in [0.5, 0.6) is 0 Å².